The quantitative estimate of drug-likeness (QED) is 0.227. The summed E-state index contributed by atoms with van der Waals surface area (Å²) in [7, 11) is 0. The highest BCUT2D eigenvalue weighted by atomic mass is 15.0. The zero-order valence-electron chi connectivity index (χ0n) is 21.0. The number of hydrogen-bond donors (Lipinski definition) is 2. The van der Waals surface area contributed by atoms with Crippen LogP contribution in [-0.2, 0) is 12.8 Å². The van der Waals surface area contributed by atoms with E-state index in [4.69, 9.17) is 0 Å². The van der Waals surface area contributed by atoms with Crippen molar-refractivity contribution >= 4 is 5.84 Å². The first kappa shape index (κ1) is 25.7. The number of aryl methyl sites for hydroxylation is 1. The number of benzene rings is 2. The molecule has 0 unspecified atom stereocenters. The van der Waals surface area contributed by atoms with Gasteiger partial charge < -0.3 is 10.6 Å². The van der Waals surface area contributed by atoms with Crippen molar-refractivity contribution < 1.29 is 0 Å². The van der Waals surface area contributed by atoms with Crippen LogP contribution in [0.4, 0.5) is 0 Å². The molecule has 3 heteroatoms. The lowest BCUT2D eigenvalue weighted by Gasteiger charge is -2.23. The Morgan fingerprint density at radius 2 is 1.82 bits per heavy atom. The molecule has 0 aromatic heterocycles. The zero-order chi connectivity index (χ0) is 24.0. The molecule has 1 aliphatic rings. The van der Waals surface area contributed by atoms with Crippen molar-refractivity contribution in [1.82, 2.24) is 10.6 Å². The van der Waals surface area contributed by atoms with Gasteiger partial charge in [-0.3, -0.25) is 0 Å². The summed E-state index contributed by atoms with van der Waals surface area (Å²) >= 11 is 0. The Balaban J connectivity index is 1.53. The van der Waals surface area contributed by atoms with E-state index in [1.54, 1.807) is 6.20 Å². The van der Waals surface area contributed by atoms with Crippen LogP contribution in [0.3, 0.4) is 0 Å². The van der Waals surface area contributed by atoms with Gasteiger partial charge in [-0.05, 0) is 88.6 Å². The highest BCUT2D eigenvalue weighted by Gasteiger charge is 2.13. The van der Waals surface area contributed by atoms with Gasteiger partial charge in [0.2, 0.25) is 0 Å². The maximum atomic E-state index is 4.53. The second-order valence-corrected chi connectivity index (χ2v) is 9.32. The van der Waals surface area contributed by atoms with Crippen LogP contribution >= 0.6 is 0 Å². The van der Waals surface area contributed by atoms with Crippen molar-refractivity contribution in [3.63, 3.8) is 0 Å². The van der Waals surface area contributed by atoms with Gasteiger partial charge >= 0.3 is 0 Å². The summed E-state index contributed by atoms with van der Waals surface area (Å²) in [5, 5.41) is 7.00. The molecule has 3 nitrogen and oxygen atoms in total. The molecule has 1 aliphatic heterocycles. The fraction of sp³-hybridized carbons (Fsp3) is 0.387. The van der Waals surface area contributed by atoms with Gasteiger partial charge in [0.05, 0.1) is 0 Å². The van der Waals surface area contributed by atoms with Crippen LogP contribution in [0.5, 0.6) is 0 Å². The first-order chi connectivity index (χ1) is 16.7. The molecule has 1 fully saturated rings. The predicted octanol–water partition coefficient (Wildman–Crippen LogP) is 6.62. The molecule has 3 rings (SSSR count). The third-order valence-electron chi connectivity index (χ3n) is 6.75. The number of allylic oxidation sites excluding steroid dienone is 4. The Morgan fingerprint density at radius 3 is 2.59 bits per heavy atom. The topological polar surface area (TPSA) is 36.4 Å². The van der Waals surface area contributed by atoms with E-state index < -0.39 is 0 Å². The smallest absolute Gasteiger partial charge is 0.133 e. The van der Waals surface area contributed by atoms with Crippen molar-refractivity contribution in [3.8, 4) is 0 Å². The van der Waals surface area contributed by atoms with Crippen molar-refractivity contribution in [2.24, 2.45) is 10.9 Å². The van der Waals surface area contributed by atoms with Crippen LogP contribution in [0.25, 0.3) is 0 Å². The maximum absolute atomic E-state index is 4.53. The summed E-state index contributed by atoms with van der Waals surface area (Å²) in [6, 6.07) is 19.4. The molecule has 2 aromatic rings. The molecule has 0 saturated carbocycles. The van der Waals surface area contributed by atoms with Gasteiger partial charge in [-0.1, -0.05) is 78.4 Å². The molecule has 1 heterocycles. The number of rotatable bonds is 11. The standard InChI is InChI=1S/C31H41N3/c1-4-33-31(34-23-20-28-18-21-32-22-19-28)30-15-9-14-29(24-30)13-8-10-25(2)26(3)16-17-27-11-6-5-7-12-27/h4-12,14-15,24,28,32H,1,13,16-23H2,2-3H3,(H,33,34)/b10-8-,26-25+. The number of amidine groups is 1. The van der Waals surface area contributed by atoms with E-state index in [-0.39, 0.29) is 0 Å². The monoisotopic (exact) mass is 455 g/mol. The minimum Gasteiger partial charge on any atom is -0.370 e. The van der Waals surface area contributed by atoms with Crippen LogP contribution in [0, 0.1) is 5.92 Å². The molecular formula is C31H41N3. The van der Waals surface area contributed by atoms with Crippen molar-refractivity contribution in [1.29, 1.82) is 0 Å². The summed E-state index contributed by atoms with van der Waals surface area (Å²) < 4.78 is 0. The predicted molar refractivity (Wildman–Crippen MR) is 147 cm³/mol. The van der Waals surface area contributed by atoms with E-state index in [9.17, 15) is 0 Å². The second-order valence-electron chi connectivity index (χ2n) is 9.32. The van der Waals surface area contributed by atoms with Crippen molar-refractivity contribution in [2.75, 3.05) is 19.6 Å². The summed E-state index contributed by atoms with van der Waals surface area (Å²) in [6.45, 7) is 11.5. The van der Waals surface area contributed by atoms with E-state index in [2.05, 4.69) is 103 Å². The molecule has 34 heavy (non-hydrogen) atoms. The Kier molecular flexibility index (Phi) is 10.9. The average Bonchev–Trinajstić information content (AvgIpc) is 2.88. The van der Waals surface area contributed by atoms with E-state index in [0.29, 0.717) is 0 Å². The van der Waals surface area contributed by atoms with Crippen LogP contribution < -0.4 is 10.6 Å². The molecule has 0 amide bonds. The number of hydrogen-bond acceptors (Lipinski definition) is 2. The van der Waals surface area contributed by atoms with Gasteiger partial charge in [0.1, 0.15) is 5.84 Å². The molecule has 180 valence electrons. The van der Waals surface area contributed by atoms with E-state index in [1.165, 1.54) is 41.5 Å². The van der Waals surface area contributed by atoms with E-state index in [0.717, 1.165) is 56.2 Å². The van der Waals surface area contributed by atoms with Gasteiger partial charge in [-0.15, -0.1) is 0 Å². The lowest BCUT2D eigenvalue weighted by Crippen LogP contribution is -2.31. The lowest BCUT2D eigenvalue weighted by molar-refractivity contribution is 0.354. The molecule has 0 bridgehead atoms. The van der Waals surface area contributed by atoms with Crippen molar-refractivity contribution in [3.05, 3.63) is 107 Å². The molecule has 0 radical (unpaired) electrons. The number of aliphatic imine (C=N–C) groups is 1. The minimum atomic E-state index is 0.808. The average molecular weight is 456 g/mol. The van der Waals surface area contributed by atoms with E-state index in [1.807, 2.05) is 0 Å². The summed E-state index contributed by atoms with van der Waals surface area (Å²) in [5.41, 5.74) is 6.63. The third-order valence-corrected chi connectivity index (χ3v) is 6.75. The SMILES string of the molecule is C=C/N=C(\NCCC1CCNCC1)c1cccc(C/C=C\C(C)=C(/C)CCc2ccccc2)c1. The summed E-state index contributed by atoms with van der Waals surface area (Å²) in [6.07, 6.45) is 13.0. The Morgan fingerprint density at radius 1 is 1.06 bits per heavy atom. The van der Waals surface area contributed by atoms with Crippen LogP contribution in [0.1, 0.15) is 56.2 Å². The molecule has 0 atom stereocenters. The lowest BCUT2D eigenvalue weighted by atomic mass is 9.95. The van der Waals surface area contributed by atoms with Gasteiger partial charge in [-0.2, -0.15) is 0 Å². The molecule has 2 aromatic carbocycles. The van der Waals surface area contributed by atoms with Crippen molar-refractivity contribution in [2.45, 2.75) is 52.4 Å². The number of piperidine rings is 1. The minimum absolute atomic E-state index is 0.808. The largest absolute Gasteiger partial charge is 0.370 e. The Bertz CT molecular complexity index is 979. The summed E-state index contributed by atoms with van der Waals surface area (Å²) in [4.78, 5) is 4.53. The van der Waals surface area contributed by atoms with Gasteiger partial charge in [0, 0.05) is 18.3 Å². The Hall–Kier alpha value is -2.91. The maximum Gasteiger partial charge on any atom is 0.133 e. The third kappa shape index (κ3) is 8.79. The fourth-order valence-corrected chi connectivity index (χ4v) is 4.41. The first-order valence-electron chi connectivity index (χ1n) is 12.7. The van der Waals surface area contributed by atoms with Crippen LogP contribution in [-0.4, -0.2) is 25.5 Å². The number of nitrogens with one attached hydrogen (secondary N) is 2. The van der Waals surface area contributed by atoms with Gasteiger partial charge in [-0.25, -0.2) is 4.99 Å². The highest BCUT2D eigenvalue weighted by molar-refractivity contribution is 5.99. The normalized spacial score (nSPS) is 15.9. The second kappa shape index (κ2) is 14.4. The summed E-state index contributed by atoms with van der Waals surface area (Å²) in [5.74, 6) is 1.73. The fourth-order valence-electron chi connectivity index (χ4n) is 4.41. The molecule has 2 N–H and O–H groups in total. The molecule has 0 spiro atoms. The van der Waals surface area contributed by atoms with Gasteiger partial charge in [0.15, 0.2) is 0 Å². The van der Waals surface area contributed by atoms with Crippen LogP contribution in [0.2, 0.25) is 0 Å². The molecular weight excluding hydrogens is 414 g/mol. The van der Waals surface area contributed by atoms with Crippen LogP contribution in [0.15, 0.2) is 95.7 Å². The zero-order valence-corrected chi connectivity index (χ0v) is 21.0. The molecule has 1 saturated heterocycles. The molecule has 0 aliphatic carbocycles. The van der Waals surface area contributed by atoms with Gasteiger partial charge in [0.25, 0.3) is 0 Å². The highest BCUT2D eigenvalue weighted by Crippen LogP contribution is 2.16. The number of nitrogens with zero attached hydrogens (tertiary/aromatic N) is 1. The first-order valence-corrected chi connectivity index (χ1v) is 12.7. The van der Waals surface area contributed by atoms with E-state index >= 15 is 0 Å². The Labute approximate surface area is 206 Å².